The second kappa shape index (κ2) is 8.01. The van der Waals surface area contributed by atoms with E-state index in [0.717, 1.165) is 22.5 Å². The number of sulfonamides is 1. The van der Waals surface area contributed by atoms with Gasteiger partial charge in [0.05, 0.1) is 17.5 Å². The van der Waals surface area contributed by atoms with Crippen molar-refractivity contribution in [3.8, 4) is 11.8 Å². The molecule has 1 aliphatic rings. The highest BCUT2D eigenvalue weighted by molar-refractivity contribution is 7.89. The lowest BCUT2D eigenvalue weighted by Gasteiger charge is -2.35. The molecule has 0 atom stereocenters. The van der Waals surface area contributed by atoms with Gasteiger partial charge in [-0.15, -0.1) is 0 Å². The zero-order valence-electron chi connectivity index (χ0n) is 17.1. The topological polar surface area (TPSA) is 78.6 Å². The van der Waals surface area contributed by atoms with E-state index in [2.05, 4.69) is 15.5 Å². The van der Waals surface area contributed by atoms with Gasteiger partial charge >= 0.3 is 0 Å². The van der Waals surface area contributed by atoms with E-state index in [4.69, 9.17) is 4.74 Å². The SMILES string of the molecule is CCn1c(N2CCN(S(=O)(=O)c3ccccc3)CC2)c(C#N)c2ccc(OC)cc21. The van der Waals surface area contributed by atoms with Crippen LogP contribution in [0.2, 0.25) is 0 Å². The molecule has 2 heterocycles. The Morgan fingerprint density at radius 3 is 2.37 bits per heavy atom. The van der Waals surface area contributed by atoms with E-state index in [9.17, 15) is 13.7 Å². The first kappa shape index (κ1) is 20.3. The van der Waals surface area contributed by atoms with Crippen LogP contribution in [0.1, 0.15) is 12.5 Å². The summed E-state index contributed by atoms with van der Waals surface area (Å²) >= 11 is 0. The maximum absolute atomic E-state index is 12.9. The predicted octanol–water partition coefficient (Wildman–Crippen LogP) is 3.05. The third-order valence-electron chi connectivity index (χ3n) is 5.59. The molecule has 0 spiro atoms. The Balaban J connectivity index is 1.66. The summed E-state index contributed by atoms with van der Waals surface area (Å²) in [7, 11) is -1.89. The number of nitrogens with zero attached hydrogens (tertiary/aromatic N) is 4. The number of piperazine rings is 1. The van der Waals surface area contributed by atoms with Crippen LogP contribution >= 0.6 is 0 Å². The number of rotatable bonds is 5. The van der Waals surface area contributed by atoms with Crippen molar-refractivity contribution in [3.63, 3.8) is 0 Å². The van der Waals surface area contributed by atoms with Gasteiger partial charge in [-0.25, -0.2) is 8.42 Å². The van der Waals surface area contributed by atoms with Gasteiger partial charge in [0.25, 0.3) is 0 Å². The van der Waals surface area contributed by atoms with Gasteiger partial charge in [-0.2, -0.15) is 9.57 Å². The smallest absolute Gasteiger partial charge is 0.243 e. The minimum atomic E-state index is -3.51. The molecule has 7 nitrogen and oxygen atoms in total. The second-order valence-electron chi connectivity index (χ2n) is 7.14. The molecule has 30 heavy (non-hydrogen) atoms. The van der Waals surface area contributed by atoms with Crippen LogP contribution in [-0.4, -0.2) is 50.6 Å². The number of nitriles is 1. The summed E-state index contributed by atoms with van der Waals surface area (Å²) in [6.07, 6.45) is 0. The van der Waals surface area contributed by atoms with Crippen molar-refractivity contribution in [2.45, 2.75) is 18.4 Å². The number of aromatic nitrogens is 1. The molecule has 0 radical (unpaired) electrons. The molecule has 1 aliphatic heterocycles. The van der Waals surface area contributed by atoms with Crippen LogP contribution in [-0.2, 0) is 16.6 Å². The van der Waals surface area contributed by atoms with Crippen LogP contribution in [0.3, 0.4) is 0 Å². The van der Waals surface area contributed by atoms with Crippen molar-refractivity contribution >= 4 is 26.7 Å². The fraction of sp³-hybridized carbons (Fsp3) is 0.318. The molecule has 0 unspecified atom stereocenters. The third kappa shape index (κ3) is 3.30. The molecule has 0 N–H and O–H groups in total. The normalized spacial score (nSPS) is 15.3. The molecule has 0 amide bonds. The van der Waals surface area contributed by atoms with Gasteiger partial charge in [0.1, 0.15) is 23.2 Å². The molecule has 0 bridgehead atoms. The number of benzene rings is 2. The first-order chi connectivity index (χ1) is 14.5. The maximum atomic E-state index is 12.9. The number of hydrogen-bond acceptors (Lipinski definition) is 5. The molecule has 8 heteroatoms. The van der Waals surface area contributed by atoms with E-state index in [-0.39, 0.29) is 0 Å². The van der Waals surface area contributed by atoms with Crippen LogP contribution in [0.5, 0.6) is 5.75 Å². The van der Waals surface area contributed by atoms with Gasteiger partial charge in [-0.05, 0) is 31.2 Å². The molecule has 0 aliphatic carbocycles. The van der Waals surface area contributed by atoms with Crippen LogP contribution in [0.15, 0.2) is 53.4 Å². The summed E-state index contributed by atoms with van der Waals surface area (Å²) in [5.41, 5.74) is 1.57. The van der Waals surface area contributed by atoms with Crippen LogP contribution in [0.25, 0.3) is 10.9 Å². The lowest BCUT2D eigenvalue weighted by atomic mass is 10.1. The Hall–Kier alpha value is -3.02. The van der Waals surface area contributed by atoms with Crippen molar-refractivity contribution in [3.05, 3.63) is 54.1 Å². The van der Waals surface area contributed by atoms with Crippen molar-refractivity contribution in [1.82, 2.24) is 8.87 Å². The molecule has 0 saturated carbocycles. The Morgan fingerprint density at radius 1 is 1.07 bits per heavy atom. The van der Waals surface area contributed by atoms with Gasteiger partial charge < -0.3 is 14.2 Å². The van der Waals surface area contributed by atoms with Crippen molar-refractivity contribution < 1.29 is 13.2 Å². The van der Waals surface area contributed by atoms with E-state index in [1.165, 1.54) is 4.31 Å². The average Bonchev–Trinajstić information content (AvgIpc) is 3.12. The number of ether oxygens (including phenoxy) is 1. The Morgan fingerprint density at radius 2 is 1.77 bits per heavy atom. The highest BCUT2D eigenvalue weighted by atomic mass is 32.2. The average molecular weight is 425 g/mol. The summed E-state index contributed by atoms with van der Waals surface area (Å²) in [4.78, 5) is 2.43. The number of aryl methyl sites for hydroxylation is 1. The quantitative estimate of drug-likeness (QED) is 0.629. The molecule has 156 valence electrons. The molecule has 1 aromatic heterocycles. The summed E-state index contributed by atoms with van der Waals surface area (Å²) in [6, 6.07) is 16.6. The molecule has 1 saturated heterocycles. The summed E-state index contributed by atoms with van der Waals surface area (Å²) < 4.78 is 34.8. The lowest BCUT2D eigenvalue weighted by Crippen LogP contribution is -2.49. The van der Waals surface area contributed by atoms with Gasteiger partial charge in [-0.3, -0.25) is 0 Å². The van der Waals surface area contributed by atoms with Crippen molar-refractivity contribution in [1.29, 1.82) is 5.26 Å². The molecular weight excluding hydrogens is 400 g/mol. The minimum absolute atomic E-state index is 0.311. The van der Waals surface area contributed by atoms with Crippen LogP contribution in [0.4, 0.5) is 5.82 Å². The molecule has 3 aromatic rings. The Labute approximate surface area is 176 Å². The molecule has 4 rings (SSSR count). The monoisotopic (exact) mass is 424 g/mol. The van der Waals surface area contributed by atoms with Gasteiger partial charge in [-0.1, -0.05) is 18.2 Å². The first-order valence-electron chi connectivity index (χ1n) is 9.91. The number of anilines is 1. The fourth-order valence-electron chi connectivity index (χ4n) is 4.08. The van der Waals surface area contributed by atoms with Crippen molar-refractivity contribution in [2.24, 2.45) is 0 Å². The van der Waals surface area contributed by atoms with E-state index in [1.54, 1.807) is 37.4 Å². The van der Waals surface area contributed by atoms with Gasteiger partial charge in [0, 0.05) is 44.2 Å². The van der Waals surface area contributed by atoms with Crippen molar-refractivity contribution in [2.75, 3.05) is 38.2 Å². The molecule has 2 aromatic carbocycles. The molecule has 1 fully saturated rings. The number of methoxy groups -OCH3 is 1. The fourth-order valence-corrected chi connectivity index (χ4v) is 5.53. The zero-order valence-corrected chi connectivity index (χ0v) is 17.9. The molecular formula is C22H24N4O3S. The summed E-state index contributed by atoms with van der Waals surface area (Å²) in [6.45, 7) is 4.53. The maximum Gasteiger partial charge on any atom is 0.243 e. The van der Waals surface area contributed by atoms with E-state index >= 15 is 0 Å². The highest BCUT2D eigenvalue weighted by Gasteiger charge is 2.31. The summed E-state index contributed by atoms with van der Waals surface area (Å²) in [5, 5.41) is 10.8. The van der Waals surface area contributed by atoms with E-state index in [0.29, 0.717) is 43.2 Å². The second-order valence-corrected chi connectivity index (χ2v) is 9.08. The Bertz CT molecular complexity index is 1200. The number of hydrogen-bond donors (Lipinski definition) is 0. The van der Waals surface area contributed by atoms with Crippen LogP contribution < -0.4 is 9.64 Å². The number of fused-ring (bicyclic) bond motifs is 1. The van der Waals surface area contributed by atoms with E-state index < -0.39 is 10.0 Å². The summed E-state index contributed by atoms with van der Waals surface area (Å²) in [5.74, 6) is 1.59. The lowest BCUT2D eigenvalue weighted by molar-refractivity contribution is 0.382. The predicted molar refractivity (Wildman–Crippen MR) is 116 cm³/mol. The minimum Gasteiger partial charge on any atom is -0.497 e. The highest BCUT2D eigenvalue weighted by Crippen LogP contribution is 2.35. The first-order valence-corrected chi connectivity index (χ1v) is 11.4. The van der Waals surface area contributed by atoms with Crippen LogP contribution in [0, 0.1) is 11.3 Å². The standard InChI is InChI=1S/C22H24N4O3S/c1-3-26-21-15-17(29-2)9-10-19(21)20(16-23)22(26)24-11-13-25(14-12-24)30(27,28)18-7-5-4-6-8-18/h4-10,15H,3,11-14H2,1-2H3. The zero-order chi connectivity index (χ0) is 21.3. The van der Waals surface area contributed by atoms with Gasteiger partial charge in [0.2, 0.25) is 10.0 Å². The Kier molecular flexibility index (Phi) is 5.41. The third-order valence-corrected chi connectivity index (χ3v) is 7.50. The largest absolute Gasteiger partial charge is 0.497 e. The van der Waals surface area contributed by atoms with E-state index in [1.807, 2.05) is 25.1 Å². The van der Waals surface area contributed by atoms with Gasteiger partial charge in [0.15, 0.2) is 0 Å².